The number of hydrogen-bond donors (Lipinski definition) is 2. The first-order valence-electron chi connectivity index (χ1n) is 8.06. The van der Waals surface area contributed by atoms with Crippen molar-refractivity contribution in [2.75, 3.05) is 30.8 Å². The third-order valence-corrected chi connectivity index (χ3v) is 4.62. The van der Waals surface area contributed by atoms with Crippen molar-refractivity contribution in [3.8, 4) is 0 Å². The number of para-hydroxylation sites is 1. The highest BCUT2D eigenvalue weighted by Gasteiger charge is 2.14. The van der Waals surface area contributed by atoms with Crippen molar-refractivity contribution in [3.05, 3.63) is 57.6 Å². The standard InChI is InChI=1S/C19H21Cl2N3O2/c1-12-6-4-7-13(2)19(12)23-17(26)11-24(3)10-16(25)22-15-9-5-8-14(20)18(15)21/h4-9H,10-11H2,1-3H3,(H,22,25)(H,23,26). The Labute approximate surface area is 163 Å². The van der Waals surface area contributed by atoms with Crippen LogP contribution in [0.4, 0.5) is 11.4 Å². The van der Waals surface area contributed by atoms with E-state index in [2.05, 4.69) is 10.6 Å². The molecule has 0 heterocycles. The van der Waals surface area contributed by atoms with Crippen LogP contribution in [0, 0.1) is 13.8 Å². The number of amides is 2. The van der Waals surface area contributed by atoms with Crippen LogP contribution < -0.4 is 10.6 Å². The highest BCUT2D eigenvalue weighted by molar-refractivity contribution is 6.44. The highest BCUT2D eigenvalue weighted by atomic mass is 35.5. The molecule has 26 heavy (non-hydrogen) atoms. The molecule has 2 aromatic carbocycles. The van der Waals surface area contributed by atoms with Crippen molar-refractivity contribution in [1.82, 2.24) is 4.90 Å². The number of hydrogen-bond acceptors (Lipinski definition) is 3. The molecule has 0 atom stereocenters. The Morgan fingerprint density at radius 1 is 0.923 bits per heavy atom. The highest BCUT2D eigenvalue weighted by Crippen LogP contribution is 2.29. The molecule has 0 spiro atoms. The van der Waals surface area contributed by atoms with Crippen molar-refractivity contribution in [1.29, 1.82) is 0 Å². The van der Waals surface area contributed by atoms with Gasteiger partial charge in [-0.15, -0.1) is 0 Å². The van der Waals surface area contributed by atoms with Crippen molar-refractivity contribution >= 4 is 46.4 Å². The van der Waals surface area contributed by atoms with Gasteiger partial charge in [-0.25, -0.2) is 0 Å². The fraction of sp³-hybridized carbons (Fsp3) is 0.263. The molecule has 0 aliphatic heterocycles. The molecule has 0 unspecified atom stereocenters. The van der Waals surface area contributed by atoms with Gasteiger partial charge in [0.05, 0.1) is 28.8 Å². The molecular formula is C19H21Cl2N3O2. The van der Waals surface area contributed by atoms with Crippen LogP contribution in [0.2, 0.25) is 10.0 Å². The summed E-state index contributed by atoms with van der Waals surface area (Å²) in [6.45, 7) is 4.01. The van der Waals surface area contributed by atoms with Crippen LogP contribution in [0.3, 0.4) is 0 Å². The number of carbonyl (C=O) groups excluding carboxylic acids is 2. The van der Waals surface area contributed by atoms with Crippen LogP contribution in [0.1, 0.15) is 11.1 Å². The number of nitrogens with one attached hydrogen (secondary N) is 2. The summed E-state index contributed by atoms with van der Waals surface area (Å²) >= 11 is 12.0. The number of aryl methyl sites for hydroxylation is 2. The molecule has 5 nitrogen and oxygen atoms in total. The molecule has 0 fully saturated rings. The third-order valence-electron chi connectivity index (χ3n) is 3.80. The van der Waals surface area contributed by atoms with Crippen LogP contribution in [0.15, 0.2) is 36.4 Å². The largest absolute Gasteiger partial charge is 0.324 e. The second-order valence-electron chi connectivity index (χ2n) is 6.14. The maximum Gasteiger partial charge on any atom is 0.238 e. The van der Waals surface area contributed by atoms with E-state index in [9.17, 15) is 9.59 Å². The Morgan fingerprint density at radius 2 is 1.46 bits per heavy atom. The van der Waals surface area contributed by atoms with Gasteiger partial charge in [-0.2, -0.15) is 0 Å². The van der Waals surface area contributed by atoms with Crippen LogP contribution in [-0.2, 0) is 9.59 Å². The quantitative estimate of drug-likeness (QED) is 0.775. The molecule has 0 bridgehead atoms. The lowest BCUT2D eigenvalue weighted by Gasteiger charge is -2.18. The predicted octanol–water partition coefficient (Wildman–Crippen LogP) is 4.12. The summed E-state index contributed by atoms with van der Waals surface area (Å²) in [5.41, 5.74) is 3.24. The summed E-state index contributed by atoms with van der Waals surface area (Å²) in [5, 5.41) is 6.25. The Kier molecular flexibility index (Phi) is 7.03. The van der Waals surface area contributed by atoms with Crippen LogP contribution >= 0.6 is 23.2 Å². The first kappa shape index (κ1) is 20.2. The average Bonchev–Trinajstić information content (AvgIpc) is 2.55. The van der Waals surface area contributed by atoms with E-state index in [1.165, 1.54) is 0 Å². The fourth-order valence-electron chi connectivity index (χ4n) is 2.53. The molecule has 0 saturated carbocycles. The summed E-state index contributed by atoms with van der Waals surface area (Å²) in [7, 11) is 1.70. The van der Waals surface area contributed by atoms with Crippen molar-refractivity contribution in [2.24, 2.45) is 0 Å². The van der Waals surface area contributed by atoms with E-state index in [0.29, 0.717) is 10.7 Å². The number of likely N-dealkylation sites (N-methyl/N-ethyl adjacent to an activating group) is 1. The molecule has 0 saturated heterocycles. The third kappa shape index (κ3) is 5.46. The molecule has 2 amide bonds. The summed E-state index contributed by atoms with van der Waals surface area (Å²) in [4.78, 5) is 26.0. The zero-order chi connectivity index (χ0) is 19.3. The summed E-state index contributed by atoms with van der Waals surface area (Å²) in [6.07, 6.45) is 0. The van der Waals surface area contributed by atoms with Crippen molar-refractivity contribution in [3.63, 3.8) is 0 Å². The van der Waals surface area contributed by atoms with Gasteiger partial charge in [-0.3, -0.25) is 14.5 Å². The molecule has 7 heteroatoms. The second-order valence-corrected chi connectivity index (χ2v) is 6.92. The predicted molar refractivity (Wildman–Crippen MR) is 107 cm³/mol. The van der Waals surface area contributed by atoms with Crippen molar-refractivity contribution in [2.45, 2.75) is 13.8 Å². The summed E-state index contributed by atoms with van der Waals surface area (Å²) < 4.78 is 0. The Morgan fingerprint density at radius 3 is 2.08 bits per heavy atom. The molecule has 0 aliphatic carbocycles. The number of benzene rings is 2. The molecule has 0 aliphatic rings. The lowest BCUT2D eigenvalue weighted by molar-refractivity contribution is -0.119. The maximum atomic E-state index is 12.2. The minimum Gasteiger partial charge on any atom is -0.324 e. The van der Waals surface area contributed by atoms with E-state index in [4.69, 9.17) is 23.2 Å². The van der Waals surface area contributed by atoms with Gasteiger partial charge in [0.15, 0.2) is 0 Å². The molecule has 0 aromatic heterocycles. The molecular weight excluding hydrogens is 373 g/mol. The van der Waals surface area contributed by atoms with Gasteiger partial charge in [-0.1, -0.05) is 47.5 Å². The lowest BCUT2D eigenvalue weighted by Crippen LogP contribution is -2.36. The molecule has 138 valence electrons. The molecule has 0 radical (unpaired) electrons. The number of carbonyl (C=O) groups is 2. The van der Waals surface area contributed by atoms with Gasteiger partial charge in [0.1, 0.15) is 0 Å². The van der Waals surface area contributed by atoms with E-state index in [0.717, 1.165) is 16.8 Å². The second kappa shape index (κ2) is 9.03. The topological polar surface area (TPSA) is 61.4 Å². The SMILES string of the molecule is Cc1cccc(C)c1NC(=O)CN(C)CC(=O)Nc1cccc(Cl)c1Cl. The lowest BCUT2D eigenvalue weighted by atomic mass is 10.1. The van der Waals surface area contributed by atoms with Crippen molar-refractivity contribution < 1.29 is 9.59 Å². The van der Waals surface area contributed by atoms with E-state index in [-0.39, 0.29) is 29.9 Å². The van der Waals surface area contributed by atoms with Gasteiger partial charge in [0.2, 0.25) is 11.8 Å². The molecule has 2 rings (SSSR count). The Balaban J connectivity index is 1.89. The van der Waals surface area contributed by atoms with Crippen LogP contribution in [-0.4, -0.2) is 36.9 Å². The van der Waals surface area contributed by atoms with Gasteiger partial charge in [0.25, 0.3) is 0 Å². The van der Waals surface area contributed by atoms with Gasteiger partial charge in [-0.05, 0) is 44.2 Å². The van der Waals surface area contributed by atoms with E-state index in [1.807, 2.05) is 32.0 Å². The summed E-state index contributed by atoms with van der Waals surface area (Å²) in [6, 6.07) is 10.8. The van der Waals surface area contributed by atoms with Crippen LogP contribution in [0.5, 0.6) is 0 Å². The van der Waals surface area contributed by atoms with Crippen LogP contribution in [0.25, 0.3) is 0 Å². The number of nitrogens with zero attached hydrogens (tertiary/aromatic N) is 1. The Bertz CT molecular complexity index is 804. The first-order chi connectivity index (χ1) is 12.3. The summed E-state index contributed by atoms with van der Waals surface area (Å²) in [5.74, 6) is -0.463. The zero-order valence-corrected chi connectivity index (χ0v) is 16.4. The smallest absolute Gasteiger partial charge is 0.238 e. The molecule has 2 aromatic rings. The minimum absolute atomic E-state index is 0.0447. The van der Waals surface area contributed by atoms with Gasteiger partial charge >= 0.3 is 0 Å². The van der Waals surface area contributed by atoms with E-state index < -0.39 is 0 Å². The maximum absolute atomic E-state index is 12.2. The zero-order valence-electron chi connectivity index (χ0n) is 14.9. The number of rotatable bonds is 6. The van der Waals surface area contributed by atoms with Gasteiger partial charge < -0.3 is 10.6 Å². The average molecular weight is 394 g/mol. The fourth-order valence-corrected chi connectivity index (χ4v) is 2.87. The number of halogens is 2. The number of anilines is 2. The normalized spacial score (nSPS) is 10.7. The first-order valence-corrected chi connectivity index (χ1v) is 8.82. The monoisotopic (exact) mass is 393 g/mol. The van der Waals surface area contributed by atoms with Gasteiger partial charge in [0, 0.05) is 5.69 Å². The van der Waals surface area contributed by atoms with E-state index >= 15 is 0 Å². The van der Waals surface area contributed by atoms with E-state index in [1.54, 1.807) is 30.1 Å². The minimum atomic E-state index is -0.281. The Hall–Kier alpha value is -2.08. The molecule has 2 N–H and O–H groups in total.